The molecule has 0 aromatic heterocycles. The maximum atomic E-state index is 9.91. The van der Waals surface area contributed by atoms with Gasteiger partial charge in [-0.25, -0.2) is 0 Å². The Morgan fingerprint density at radius 3 is 2.25 bits per heavy atom. The standard InChI is InChI=1S/C4H9O2P.Cr/c1-2-3-4-7(5)6;/h2-4H2,1H3;/p+1. The maximum Gasteiger partial charge on any atom is 0.505 e. The predicted octanol–water partition coefficient (Wildman–Crippen LogP) is 1.52. The SMILES string of the molecule is CCCC[P+](=O)O.[Cr]. The van der Waals surface area contributed by atoms with Crippen LogP contribution in [0.2, 0.25) is 0 Å². The molecule has 0 aromatic rings. The molecule has 1 N–H and O–H groups in total. The molecule has 0 aromatic carbocycles. The van der Waals surface area contributed by atoms with Crippen LogP contribution in [-0.4, -0.2) is 11.1 Å². The molecule has 4 heteroatoms. The van der Waals surface area contributed by atoms with Crippen LogP contribution in [0, 0.1) is 0 Å². The summed E-state index contributed by atoms with van der Waals surface area (Å²) in [6, 6.07) is 0. The zero-order valence-corrected chi connectivity index (χ0v) is 7.00. The van der Waals surface area contributed by atoms with Gasteiger partial charge in [-0.1, -0.05) is 13.3 Å². The van der Waals surface area contributed by atoms with Gasteiger partial charge in [-0.2, -0.15) is 4.89 Å². The monoisotopic (exact) mass is 173 g/mol. The molecule has 0 radical (unpaired) electrons. The van der Waals surface area contributed by atoms with Crippen molar-refractivity contribution in [1.82, 2.24) is 0 Å². The largest absolute Gasteiger partial charge is 0.505 e. The van der Waals surface area contributed by atoms with E-state index in [0.717, 1.165) is 12.8 Å². The van der Waals surface area contributed by atoms with E-state index in [1.54, 1.807) is 0 Å². The molecule has 0 saturated carbocycles. The minimum atomic E-state index is -1.86. The van der Waals surface area contributed by atoms with Crippen LogP contribution in [0.4, 0.5) is 0 Å². The summed E-state index contributed by atoms with van der Waals surface area (Å²) in [7, 11) is -1.86. The first kappa shape index (κ1) is 11.4. The van der Waals surface area contributed by atoms with Gasteiger partial charge in [0.2, 0.25) is 0 Å². The van der Waals surface area contributed by atoms with Crippen molar-refractivity contribution in [3.05, 3.63) is 0 Å². The van der Waals surface area contributed by atoms with E-state index in [2.05, 4.69) is 0 Å². The summed E-state index contributed by atoms with van der Waals surface area (Å²) in [5.41, 5.74) is 0. The number of rotatable bonds is 3. The minimum Gasteiger partial charge on any atom is -0.161 e. The van der Waals surface area contributed by atoms with Crippen molar-refractivity contribution in [2.24, 2.45) is 0 Å². The normalized spacial score (nSPS) is 10.0. The molecule has 0 heterocycles. The van der Waals surface area contributed by atoms with Crippen LogP contribution in [-0.2, 0) is 21.9 Å². The van der Waals surface area contributed by atoms with Gasteiger partial charge in [0.05, 0.1) is 0 Å². The average molecular weight is 173 g/mol. The Balaban J connectivity index is 0. The maximum absolute atomic E-state index is 9.91. The molecule has 0 fully saturated rings. The van der Waals surface area contributed by atoms with Gasteiger partial charge in [-0.05, 0) is 11.0 Å². The van der Waals surface area contributed by atoms with Crippen LogP contribution >= 0.6 is 8.03 Å². The van der Waals surface area contributed by atoms with Crippen molar-refractivity contribution in [2.75, 3.05) is 6.16 Å². The summed E-state index contributed by atoms with van der Waals surface area (Å²) in [5.74, 6) is 0. The summed E-state index contributed by atoms with van der Waals surface area (Å²) in [6.07, 6.45) is 2.33. The second kappa shape index (κ2) is 7.59. The third kappa shape index (κ3) is 9.78. The van der Waals surface area contributed by atoms with Crippen molar-refractivity contribution in [1.29, 1.82) is 0 Å². The van der Waals surface area contributed by atoms with Crippen LogP contribution in [0.25, 0.3) is 0 Å². The second-order valence-electron chi connectivity index (χ2n) is 1.43. The Kier molecular flexibility index (Phi) is 10.8. The Hall–Kier alpha value is 0.592. The van der Waals surface area contributed by atoms with E-state index in [4.69, 9.17) is 4.89 Å². The first-order chi connectivity index (χ1) is 3.27. The fraction of sp³-hybridized carbons (Fsp3) is 1.00. The van der Waals surface area contributed by atoms with E-state index >= 15 is 0 Å². The van der Waals surface area contributed by atoms with Crippen LogP contribution in [0.15, 0.2) is 0 Å². The quantitative estimate of drug-likeness (QED) is 0.657. The van der Waals surface area contributed by atoms with Crippen LogP contribution in [0.5, 0.6) is 0 Å². The van der Waals surface area contributed by atoms with Gasteiger partial charge in [0, 0.05) is 17.4 Å². The summed E-state index contributed by atoms with van der Waals surface area (Å²) in [6.45, 7) is 2.00. The molecule has 1 unspecified atom stereocenters. The van der Waals surface area contributed by atoms with Gasteiger partial charge in [-0.15, -0.1) is 0 Å². The Labute approximate surface area is 61.3 Å². The first-order valence-corrected chi connectivity index (χ1v) is 3.80. The zero-order chi connectivity index (χ0) is 5.70. The van der Waals surface area contributed by atoms with E-state index < -0.39 is 8.03 Å². The van der Waals surface area contributed by atoms with E-state index in [0.29, 0.717) is 6.16 Å². The average Bonchev–Trinajstić information content (AvgIpc) is 1.61. The predicted molar refractivity (Wildman–Crippen MR) is 29.6 cm³/mol. The molecule has 0 aliphatic carbocycles. The van der Waals surface area contributed by atoms with Crippen LogP contribution in [0.1, 0.15) is 19.8 Å². The third-order valence-corrected chi connectivity index (χ3v) is 1.40. The van der Waals surface area contributed by atoms with Gasteiger partial charge in [0.15, 0.2) is 6.16 Å². The first-order valence-electron chi connectivity index (χ1n) is 2.41. The van der Waals surface area contributed by atoms with Crippen molar-refractivity contribution in [2.45, 2.75) is 19.8 Å². The van der Waals surface area contributed by atoms with Crippen molar-refractivity contribution in [3.63, 3.8) is 0 Å². The topological polar surface area (TPSA) is 37.3 Å². The third-order valence-electron chi connectivity index (χ3n) is 0.703. The van der Waals surface area contributed by atoms with Gasteiger partial charge in [-0.3, -0.25) is 0 Å². The Morgan fingerprint density at radius 1 is 1.62 bits per heavy atom. The number of hydrogen-bond acceptors (Lipinski definition) is 1. The number of hydrogen-bond donors (Lipinski definition) is 1. The molecule has 0 aliphatic heterocycles. The molecular weight excluding hydrogens is 163 g/mol. The Bertz CT molecular complexity index is 67.1. The molecular formula is C4H10CrO2P+. The molecule has 0 rings (SSSR count). The Morgan fingerprint density at radius 2 is 2.12 bits per heavy atom. The molecule has 0 bridgehead atoms. The molecule has 8 heavy (non-hydrogen) atoms. The van der Waals surface area contributed by atoms with E-state index in [1.165, 1.54) is 0 Å². The van der Waals surface area contributed by atoms with Gasteiger partial charge in [0.25, 0.3) is 0 Å². The molecule has 0 aliphatic rings. The van der Waals surface area contributed by atoms with Crippen molar-refractivity contribution in [3.8, 4) is 0 Å². The van der Waals surface area contributed by atoms with Gasteiger partial charge < -0.3 is 0 Å². The van der Waals surface area contributed by atoms with Crippen LogP contribution < -0.4 is 0 Å². The van der Waals surface area contributed by atoms with Gasteiger partial charge in [0.1, 0.15) is 0 Å². The van der Waals surface area contributed by atoms with Crippen molar-refractivity contribution >= 4 is 8.03 Å². The minimum absolute atomic E-state index is 0. The number of unbranched alkanes of at least 4 members (excludes halogenated alkanes) is 1. The van der Waals surface area contributed by atoms with E-state index in [-0.39, 0.29) is 17.4 Å². The molecule has 2 nitrogen and oxygen atoms in total. The summed E-state index contributed by atoms with van der Waals surface area (Å²) >= 11 is 0. The molecule has 0 spiro atoms. The summed E-state index contributed by atoms with van der Waals surface area (Å²) in [4.78, 5) is 8.19. The fourth-order valence-electron chi connectivity index (χ4n) is 0.293. The van der Waals surface area contributed by atoms with Crippen molar-refractivity contribution < 1.29 is 26.8 Å². The zero-order valence-electron chi connectivity index (χ0n) is 4.83. The molecule has 0 amide bonds. The van der Waals surface area contributed by atoms with Gasteiger partial charge >= 0.3 is 8.03 Å². The van der Waals surface area contributed by atoms with E-state index in [9.17, 15) is 4.57 Å². The molecule has 0 saturated heterocycles. The second-order valence-corrected chi connectivity index (χ2v) is 2.58. The fourth-order valence-corrected chi connectivity index (χ4v) is 0.880. The van der Waals surface area contributed by atoms with Crippen LogP contribution in [0.3, 0.4) is 0 Å². The van der Waals surface area contributed by atoms with E-state index in [1.807, 2.05) is 6.92 Å². The summed E-state index contributed by atoms with van der Waals surface area (Å²) in [5, 5.41) is 0. The summed E-state index contributed by atoms with van der Waals surface area (Å²) < 4.78 is 9.91. The molecule has 1 atom stereocenters. The molecule has 48 valence electrons. The smallest absolute Gasteiger partial charge is 0.161 e.